The lowest BCUT2D eigenvalue weighted by Crippen LogP contribution is -2.23. The van der Waals surface area contributed by atoms with E-state index in [1.165, 1.54) is 0 Å². The van der Waals surface area contributed by atoms with Crippen LogP contribution in [0.4, 0.5) is 0 Å². The van der Waals surface area contributed by atoms with Crippen LogP contribution in [0.15, 0.2) is 0 Å². The van der Waals surface area contributed by atoms with E-state index >= 15 is 0 Å². The number of rotatable bonds is 0. The van der Waals surface area contributed by atoms with Gasteiger partial charge in [-0.25, -0.2) is 0 Å². The summed E-state index contributed by atoms with van der Waals surface area (Å²) in [5, 5.41) is 0. The van der Waals surface area contributed by atoms with E-state index in [1.54, 1.807) is 0 Å². The molecule has 0 aromatic rings. The predicted molar refractivity (Wildman–Crippen MR) is 25.9 cm³/mol. The molecular formula is C6H8O. The summed E-state index contributed by atoms with van der Waals surface area (Å²) >= 11 is 0. The van der Waals surface area contributed by atoms with Crippen molar-refractivity contribution >= 4 is 5.78 Å². The summed E-state index contributed by atoms with van der Waals surface area (Å²) in [7, 11) is 0. The van der Waals surface area contributed by atoms with Crippen LogP contribution in [0.5, 0.6) is 0 Å². The van der Waals surface area contributed by atoms with Crippen LogP contribution in [0.3, 0.4) is 0 Å². The van der Waals surface area contributed by atoms with Crippen LogP contribution in [0.25, 0.3) is 0 Å². The van der Waals surface area contributed by atoms with Gasteiger partial charge in [-0.05, 0) is 18.2 Å². The lowest BCUT2D eigenvalue weighted by molar-refractivity contribution is -0.127. The van der Waals surface area contributed by atoms with Crippen molar-refractivity contribution in [3.63, 3.8) is 0 Å². The van der Waals surface area contributed by atoms with Crippen molar-refractivity contribution in [2.75, 3.05) is 0 Å². The molecule has 0 radical (unpaired) electrons. The highest BCUT2D eigenvalue weighted by Gasteiger charge is 2.52. The minimum Gasteiger partial charge on any atom is -0.300 e. The smallest absolute Gasteiger partial charge is 0.134 e. The van der Waals surface area contributed by atoms with Crippen LogP contribution < -0.4 is 0 Å². The van der Waals surface area contributed by atoms with Gasteiger partial charge in [0, 0.05) is 15.6 Å². The number of carbonyl (C=O) groups is 1. The molecule has 0 aromatic carbocycles. The molecule has 38 valence electrons. The molecule has 2 fully saturated rings. The zero-order valence-corrected chi connectivity index (χ0v) is 4.03. The molecule has 1 spiro atoms. The van der Waals surface area contributed by atoms with Gasteiger partial charge >= 0.3 is 0 Å². The van der Waals surface area contributed by atoms with Gasteiger partial charge in [-0.15, -0.1) is 0 Å². The Morgan fingerprint density at radius 2 is 2.29 bits per heavy atom. The molecule has 2 aliphatic rings. The average molecular weight is 98.1 g/mol. The van der Waals surface area contributed by atoms with Crippen LogP contribution in [0, 0.1) is 5.41 Å². The van der Waals surface area contributed by atoms with Gasteiger partial charge < -0.3 is 0 Å². The second-order valence-corrected chi connectivity index (χ2v) is 2.53. The zero-order valence-electron chi connectivity index (χ0n) is 6.03. The lowest BCUT2D eigenvalue weighted by Gasteiger charge is -2.22. The SMILES string of the molecule is [2H]C1([2H])CC12CC(=O)C2. The number of Topliss-reactive ketones (excluding diaryl/α,β-unsaturated/α-hetero) is 1. The molecule has 0 aliphatic heterocycles. The Morgan fingerprint density at radius 3 is 2.43 bits per heavy atom. The second kappa shape index (κ2) is 0.770. The van der Waals surface area contributed by atoms with Gasteiger partial charge in [0.2, 0.25) is 0 Å². The molecule has 0 atom stereocenters. The van der Waals surface area contributed by atoms with Crippen molar-refractivity contribution in [2.45, 2.75) is 25.6 Å². The first-order valence-corrected chi connectivity index (χ1v) is 2.58. The Hall–Kier alpha value is -0.330. The summed E-state index contributed by atoms with van der Waals surface area (Å²) in [6, 6.07) is 0. The summed E-state index contributed by atoms with van der Waals surface area (Å²) in [5.74, 6) is 0.233. The molecular weight excluding hydrogens is 88.1 g/mol. The summed E-state index contributed by atoms with van der Waals surface area (Å²) in [6.07, 6.45) is 0.618. The Balaban J connectivity index is 2.11. The zero-order chi connectivity index (χ0) is 6.70. The summed E-state index contributed by atoms with van der Waals surface area (Å²) < 4.78 is 14.5. The Labute approximate surface area is 45.5 Å². The fourth-order valence-corrected chi connectivity index (χ4v) is 1.08. The first-order valence-electron chi connectivity index (χ1n) is 3.58. The topological polar surface area (TPSA) is 17.1 Å². The molecule has 0 unspecified atom stereocenters. The minimum atomic E-state index is -0.999. The minimum absolute atomic E-state index is 0.177. The fourth-order valence-electron chi connectivity index (χ4n) is 1.08. The molecule has 0 saturated heterocycles. The normalized spacial score (nSPS) is 44.3. The Kier molecular flexibility index (Phi) is 0.252. The third kappa shape index (κ3) is 0.355. The summed E-state index contributed by atoms with van der Waals surface area (Å²) in [5.41, 5.74) is -0.177. The monoisotopic (exact) mass is 98.1 g/mol. The average Bonchev–Trinajstić information content (AvgIpc) is 2.06. The van der Waals surface area contributed by atoms with Crippen LogP contribution in [-0.2, 0) is 4.79 Å². The number of hydrogen-bond donors (Lipinski definition) is 0. The molecule has 0 aromatic heterocycles. The van der Waals surface area contributed by atoms with Gasteiger partial charge in [0.25, 0.3) is 0 Å². The standard InChI is InChI=1S/C6H8O/c7-5-3-6(4-5)1-2-6/h1-4H2/i1D2. The van der Waals surface area contributed by atoms with E-state index in [2.05, 4.69) is 0 Å². The Bertz CT molecular complexity index is 177. The van der Waals surface area contributed by atoms with E-state index in [0.29, 0.717) is 19.3 Å². The third-order valence-corrected chi connectivity index (χ3v) is 1.75. The van der Waals surface area contributed by atoms with Gasteiger partial charge in [-0.3, -0.25) is 4.79 Å². The van der Waals surface area contributed by atoms with Gasteiger partial charge in [0.1, 0.15) is 5.78 Å². The van der Waals surface area contributed by atoms with Crippen LogP contribution in [0.2, 0.25) is 0 Å². The highest BCUT2D eigenvalue weighted by Crippen LogP contribution is 2.58. The molecule has 0 heterocycles. The van der Waals surface area contributed by atoms with Crippen molar-refractivity contribution in [3.05, 3.63) is 0 Å². The van der Waals surface area contributed by atoms with E-state index in [4.69, 9.17) is 2.74 Å². The molecule has 0 bridgehead atoms. The van der Waals surface area contributed by atoms with Crippen LogP contribution >= 0.6 is 0 Å². The highest BCUT2D eigenvalue weighted by atomic mass is 16.1. The van der Waals surface area contributed by atoms with Gasteiger partial charge in [-0.1, -0.05) is 0 Å². The molecule has 1 heteroatoms. The molecule has 2 saturated carbocycles. The fraction of sp³-hybridized carbons (Fsp3) is 0.833. The van der Waals surface area contributed by atoms with E-state index in [1.807, 2.05) is 0 Å². The maximum absolute atomic E-state index is 10.5. The van der Waals surface area contributed by atoms with Crippen molar-refractivity contribution < 1.29 is 7.54 Å². The van der Waals surface area contributed by atoms with Crippen molar-refractivity contribution in [1.29, 1.82) is 0 Å². The van der Waals surface area contributed by atoms with Gasteiger partial charge in [0.15, 0.2) is 0 Å². The van der Waals surface area contributed by atoms with Crippen molar-refractivity contribution in [1.82, 2.24) is 0 Å². The van der Waals surface area contributed by atoms with E-state index in [9.17, 15) is 4.79 Å². The molecule has 0 N–H and O–H groups in total. The van der Waals surface area contributed by atoms with E-state index < -0.39 is 6.37 Å². The quantitative estimate of drug-likeness (QED) is 0.444. The summed E-state index contributed by atoms with van der Waals surface area (Å²) in [4.78, 5) is 10.5. The first-order chi connectivity index (χ1) is 4.06. The van der Waals surface area contributed by atoms with Crippen molar-refractivity contribution in [3.8, 4) is 0 Å². The first kappa shape index (κ1) is 2.29. The van der Waals surface area contributed by atoms with Crippen LogP contribution in [-0.4, -0.2) is 5.78 Å². The molecule has 1 nitrogen and oxygen atoms in total. The lowest BCUT2D eigenvalue weighted by atomic mass is 9.81. The predicted octanol–water partition coefficient (Wildman–Crippen LogP) is 1.13. The number of ketones is 1. The molecule has 0 amide bonds. The summed E-state index contributed by atoms with van der Waals surface area (Å²) in [6.45, 7) is 0. The highest BCUT2D eigenvalue weighted by molar-refractivity contribution is 5.87. The van der Waals surface area contributed by atoms with Gasteiger partial charge in [0.05, 0.1) is 0 Å². The Morgan fingerprint density at radius 1 is 1.71 bits per heavy atom. The largest absolute Gasteiger partial charge is 0.300 e. The second-order valence-electron chi connectivity index (χ2n) is 2.53. The molecule has 7 heavy (non-hydrogen) atoms. The van der Waals surface area contributed by atoms with E-state index in [-0.39, 0.29) is 11.2 Å². The number of hydrogen-bond acceptors (Lipinski definition) is 1. The maximum atomic E-state index is 10.5. The molecule has 2 aliphatic carbocycles. The van der Waals surface area contributed by atoms with Crippen LogP contribution in [0.1, 0.15) is 28.4 Å². The maximum Gasteiger partial charge on any atom is 0.134 e. The molecule has 2 rings (SSSR count). The van der Waals surface area contributed by atoms with Gasteiger partial charge in [-0.2, -0.15) is 0 Å². The number of carbonyl (C=O) groups excluding carboxylic acids is 1. The third-order valence-electron chi connectivity index (χ3n) is 1.75. The van der Waals surface area contributed by atoms with Crippen molar-refractivity contribution in [2.24, 2.45) is 5.41 Å². The van der Waals surface area contributed by atoms with E-state index in [0.717, 1.165) is 0 Å².